The molecule has 4 rings (SSSR count). The van der Waals surface area contributed by atoms with Crippen LogP contribution >= 0.6 is 11.8 Å². The Hall–Kier alpha value is -1.73. The van der Waals surface area contributed by atoms with Gasteiger partial charge in [0, 0.05) is 30.5 Å². The van der Waals surface area contributed by atoms with E-state index in [1.54, 1.807) is 11.8 Å². The zero-order valence-corrected chi connectivity index (χ0v) is 19.7. The van der Waals surface area contributed by atoms with Crippen molar-refractivity contribution in [2.75, 3.05) is 25.1 Å². The van der Waals surface area contributed by atoms with Gasteiger partial charge in [-0.15, -0.1) is 0 Å². The van der Waals surface area contributed by atoms with Crippen LogP contribution in [0.4, 0.5) is 0 Å². The Morgan fingerprint density at radius 1 is 1.42 bits per heavy atom. The Kier molecular flexibility index (Phi) is 6.54. The minimum atomic E-state index is -0.441. The molecule has 3 aliphatic rings. The molecule has 1 aromatic rings. The standard InChI is InChI=1S/C24H34N2O4S/c1-15-5-6-17-21(11-15)30-24(2,3)18-12-16-13-26(9-7-20(16)29-22(17)18)23(28)19(25-14-27)8-10-31-4/h5-6,11,14,16,18-20,22H,7-10,12-13H2,1-4H3,(H,25,27)/t16-,18+,19+,20+,22-/m1/s1. The lowest BCUT2D eigenvalue weighted by Crippen LogP contribution is -2.57. The smallest absolute Gasteiger partial charge is 0.245 e. The van der Waals surface area contributed by atoms with Crippen LogP contribution in [0.3, 0.4) is 0 Å². The molecule has 1 N–H and O–H groups in total. The van der Waals surface area contributed by atoms with E-state index in [9.17, 15) is 9.59 Å². The SMILES string of the molecule is CSCC[C@H](NC=O)C(=O)N1CC[C@@H]2O[C@@H]3c4ccc(C)cc4OC(C)(C)[C@H]3C[C@@H]2C1. The van der Waals surface area contributed by atoms with E-state index in [4.69, 9.17) is 9.47 Å². The molecule has 2 saturated heterocycles. The highest BCUT2D eigenvalue weighted by atomic mass is 32.2. The number of hydrogen-bond acceptors (Lipinski definition) is 5. The zero-order chi connectivity index (χ0) is 22.2. The van der Waals surface area contributed by atoms with Crippen molar-refractivity contribution in [1.29, 1.82) is 0 Å². The Morgan fingerprint density at radius 3 is 2.97 bits per heavy atom. The zero-order valence-electron chi connectivity index (χ0n) is 18.9. The minimum absolute atomic E-state index is 0.0294. The molecule has 0 aromatic heterocycles. The number of carbonyl (C=O) groups is 2. The summed E-state index contributed by atoms with van der Waals surface area (Å²) in [5.41, 5.74) is 2.01. The van der Waals surface area contributed by atoms with Gasteiger partial charge in [0.05, 0.1) is 12.2 Å². The van der Waals surface area contributed by atoms with Gasteiger partial charge in [0.25, 0.3) is 0 Å². The first-order valence-corrected chi connectivity index (χ1v) is 12.7. The number of thioether (sulfide) groups is 1. The predicted molar refractivity (Wildman–Crippen MR) is 122 cm³/mol. The fourth-order valence-corrected chi connectivity index (χ4v) is 5.90. The van der Waals surface area contributed by atoms with Gasteiger partial charge >= 0.3 is 0 Å². The van der Waals surface area contributed by atoms with Crippen LogP contribution in [0.2, 0.25) is 0 Å². The van der Waals surface area contributed by atoms with E-state index in [2.05, 4.69) is 44.3 Å². The maximum Gasteiger partial charge on any atom is 0.245 e. The third-order valence-electron chi connectivity index (χ3n) is 7.14. The summed E-state index contributed by atoms with van der Waals surface area (Å²) in [6, 6.07) is 5.95. The lowest BCUT2D eigenvalue weighted by Gasteiger charge is -2.53. The number of piperidine rings is 1. The Morgan fingerprint density at radius 2 is 2.23 bits per heavy atom. The van der Waals surface area contributed by atoms with E-state index >= 15 is 0 Å². The number of fused-ring (bicyclic) bond motifs is 4. The van der Waals surface area contributed by atoms with Crippen molar-refractivity contribution in [2.45, 2.75) is 63.9 Å². The summed E-state index contributed by atoms with van der Waals surface area (Å²) in [5.74, 6) is 2.33. The number of nitrogens with one attached hydrogen (secondary N) is 1. The predicted octanol–water partition coefficient (Wildman–Crippen LogP) is 3.33. The molecule has 2 fully saturated rings. The van der Waals surface area contributed by atoms with Gasteiger partial charge in [-0.2, -0.15) is 11.8 Å². The van der Waals surface area contributed by atoms with Crippen LogP contribution in [0.15, 0.2) is 18.2 Å². The minimum Gasteiger partial charge on any atom is -0.487 e. The van der Waals surface area contributed by atoms with Crippen molar-refractivity contribution in [2.24, 2.45) is 11.8 Å². The van der Waals surface area contributed by atoms with Crippen molar-refractivity contribution in [3.8, 4) is 5.75 Å². The lowest BCUT2D eigenvalue weighted by atomic mass is 9.70. The molecule has 1 aromatic carbocycles. The topological polar surface area (TPSA) is 67.9 Å². The first kappa shape index (κ1) is 22.5. The van der Waals surface area contributed by atoms with Gasteiger partial charge in [0.1, 0.15) is 17.4 Å². The number of aryl methyl sites for hydroxylation is 1. The van der Waals surface area contributed by atoms with Crippen LogP contribution in [0.1, 0.15) is 50.3 Å². The third kappa shape index (κ3) is 4.44. The van der Waals surface area contributed by atoms with Gasteiger partial charge in [0.2, 0.25) is 12.3 Å². The Labute approximate surface area is 189 Å². The number of likely N-dealkylation sites (tertiary alicyclic amines) is 1. The summed E-state index contributed by atoms with van der Waals surface area (Å²) < 4.78 is 13.1. The molecule has 2 amide bonds. The number of rotatable bonds is 6. The first-order valence-electron chi connectivity index (χ1n) is 11.3. The van der Waals surface area contributed by atoms with E-state index in [-0.39, 0.29) is 35.6 Å². The van der Waals surface area contributed by atoms with E-state index in [0.29, 0.717) is 25.9 Å². The third-order valence-corrected chi connectivity index (χ3v) is 7.78. The van der Waals surface area contributed by atoms with Gasteiger partial charge < -0.3 is 19.7 Å². The van der Waals surface area contributed by atoms with Crippen molar-refractivity contribution < 1.29 is 19.1 Å². The van der Waals surface area contributed by atoms with Crippen LogP contribution in [0.5, 0.6) is 5.75 Å². The Bertz CT molecular complexity index is 830. The van der Waals surface area contributed by atoms with E-state index in [1.807, 2.05) is 11.2 Å². The average Bonchev–Trinajstić information content (AvgIpc) is 2.74. The largest absolute Gasteiger partial charge is 0.487 e. The van der Waals surface area contributed by atoms with Crippen molar-refractivity contribution in [3.63, 3.8) is 0 Å². The van der Waals surface area contributed by atoms with Gasteiger partial charge in [0.15, 0.2) is 0 Å². The maximum atomic E-state index is 13.1. The molecule has 31 heavy (non-hydrogen) atoms. The van der Waals surface area contributed by atoms with Gasteiger partial charge in [-0.25, -0.2) is 0 Å². The lowest BCUT2D eigenvalue weighted by molar-refractivity contribution is -0.189. The normalized spacial score (nSPS) is 29.6. The molecule has 6 nitrogen and oxygen atoms in total. The van der Waals surface area contributed by atoms with Crippen LogP contribution in [-0.4, -0.2) is 60.1 Å². The fourth-order valence-electron chi connectivity index (χ4n) is 5.43. The number of carbonyl (C=O) groups excluding carboxylic acids is 2. The monoisotopic (exact) mass is 446 g/mol. The summed E-state index contributed by atoms with van der Waals surface area (Å²) in [6.07, 6.45) is 5.30. The molecule has 3 aliphatic heterocycles. The summed E-state index contributed by atoms with van der Waals surface area (Å²) in [6.45, 7) is 7.74. The number of benzene rings is 1. The highest BCUT2D eigenvalue weighted by Gasteiger charge is 2.51. The van der Waals surface area contributed by atoms with Crippen molar-refractivity contribution >= 4 is 24.1 Å². The second-order valence-corrected chi connectivity index (χ2v) is 10.6. The van der Waals surface area contributed by atoms with E-state index in [1.165, 1.54) is 5.56 Å². The van der Waals surface area contributed by atoms with Crippen LogP contribution in [-0.2, 0) is 14.3 Å². The molecular formula is C24H34N2O4S. The highest BCUT2D eigenvalue weighted by Crippen LogP contribution is 2.53. The second-order valence-electron chi connectivity index (χ2n) is 9.64. The van der Waals surface area contributed by atoms with Crippen LogP contribution in [0, 0.1) is 18.8 Å². The van der Waals surface area contributed by atoms with E-state index < -0.39 is 6.04 Å². The van der Waals surface area contributed by atoms with Crippen LogP contribution in [0.25, 0.3) is 0 Å². The summed E-state index contributed by atoms with van der Waals surface area (Å²) in [7, 11) is 0. The molecule has 0 unspecified atom stereocenters. The molecule has 0 bridgehead atoms. The fraction of sp³-hybridized carbons (Fsp3) is 0.667. The molecule has 7 heteroatoms. The quantitative estimate of drug-likeness (QED) is 0.679. The molecule has 3 heterocycles. The molecule has 170 valence electrons. The van der Waals surface area contributed by atoms with Crippen molar-refractivity contribution in [3.05, 3.63) is 29.3 Å². The molecule has 0 aliphatic carbocycles. The van der Waals surface area contributed by atoms with Gasteiger partial charge in [-0.1, -0.05) is 12.1 Å². The van der Waals surface area contributed by atoms with Gasteiger partial charge in [-0.3, -0.25) is 9.59 Å². The average molecular weight is 447 g/mol. The molecule has 0 saturated carbocycles. The molecule has 5 atom stereocenters. The van der Waals surface area contributed by atoms with Gasteiger partial charge in [-0.05, 0) is 63.7 Å². The summed E-state index contributed by atoms with van der Waals surface area (Å²) in [5, 5.41) is 2.72. The Balaban J connectivity index is 1.50. The molecular weight excluding hydrogens is 412 g/mol. The number of hydrogen-bond donors (Lipinski definition) is 1. The van der Waals surface area contributed by atoms with Crippen molar-refractivity contribution in [1.82, 2.24) is 10.2 Å². The molecule has 0 spiro atoms. The van der Waals surface area contributed by atoms with Crippen LogP contribution < -0.4 is 10.1 Å². The summed E-state index contributed by atoms with van der Waals surface area (Å²) in [4.78, 5) is 26.1. The van der Waals surface area contributed by atoms with E-state index in [0.717, 1.165) is 29.9 Å². The summed E-state index contributed by atoms with van der Waals surface area (Å²) >= 11 is 1.68. The number of nitrogens with zero attached hydrogens (tertiary/aromatic N) is 1. The molecule has 0 radical (unpaired) electrons. The highest BCUT2D eigenvalue weighted by molar-refractivity contribution is 7.98. The first-order chi connectivity index (χ1) is 14.8. The second kappa shape index (κ2) is 9.02. The maximum absolute atomic E-state index is 13.1. The number of ether oxygens (including phenoxy) is 2. The number of amides is 2.